The summed E-state index contributed by atoms with van der Waals surface area (Å²) in [6.45, 7) is 1.07. The Morgan fingerprint density at radius 2 is 2.43 bits per heavy atom. The van der Waals surface area contributed by atoms with Crippen molar-refractivity contribution in [3.05, 3.63) is 0 Å². The van der Waals surface area contributed by atoms with Gasteiger partial charge in [0.2, 0.25) is 5.91 Å². The Bertz CT molecular complexity index is 250. The van der Waals surface area contributed by atoms with Gasteiger partial charge < -0.3 is 10.6 Å². The van der Waals surface area contributed by atoms with Gasteiger partial charge in [-0.2, -0.15) is 0 Å². The number of nitrogens with one attached hydrogen (secondary N) is 3. The van der Waals surface area contributed by atoms with Crippen LogP contribution in [0.1, 0.15) is 12.8 Å². The van der Waals surface area contributed by atoms with Gasteiger partial charge in [0.05, 0.1) is 6.04 Å². The Morgan fingerprint density at radius 1 is 1.57 bits per heavy atom. The summed E-state index contributed by atoms with van der Waals surface area (Å²) in [5.74, 6) is -0.399. The van der Waals surface area contributed by atoms with Gasteiger partial charge in [-0.25, -0.2) is 5.48 Å². The highest BCUT2D eigenvalue weighted by Gasteiger charge is 2.30. The lowest BCUT2D eigenvalue weighted by Gasteiger charge is -2.13. The lowest BCUT2D eigenvalue weighted by atomic mass is 10.2. The predicted molar refractivity (Wildman–Crippen MR) is 47.1 cm³/mol. The molecule has 78 valence electrons. The summed E-state index contributed by atoms with van der Waals surface area (Å²) >= 11 is 0. The SMILES string of the molecule is O=C(N[C@@H]1CONC1=O)[C@@H]1CCCN1. The molecule has 0 spiro atoms. The number of hydrogen-bond donors (Lipinski definition) is 3. The highest BCUT2D eigenvalue weighted by atomic mass is 16.7. The zero-order valence-electron chi connectivity index (χ0n) is 7.71. The van der Waals surface area contributed by atoms with Crippen LogP contribution in [0.15, 0.2) is 0 Å². The van der Waals surface area contributed by atoms with E-state index in [4.69, 9.17) is 4.84 Å². The van der Waals surface area contributed by atoms with E-state index in [1.54, 1.807) is 0 Å². The molecule has 2 rings (SSSR count). The largest absolute Gasteiger partial charge is 0.341 e. The molecule has 6 nitrogen and oxygen atoms in total. The van der Waals surface area contributed by atoms with Crippen LogP contribution in [0.4, 0.5) is 0 Å². The molecule has 14 heavy (non-hydrogen) atoms. The third kappa shape index (κ3) is 1.85. The number of amides is 2. The quantitative estimate of drug-likeness (QED) is 0.494. The molecule has 2 fully saturated rings. The van der Waals surface area contributed by atoms with E-state index in [2.05, 4.69) is 16.1 Å². The minimum Gasteiger partial charge on any atom is -0.341 e. The molecule has 0 aromatic carbocycles. The molecule has 0 bridgehead atoms. The number of hydrogen-bond acceptors (Lipinski definition) is 4. The highest BCUT2D eigenvalue weighted by Crippen LogP contribution is 2.05. The van der Waals surface area contributed by atoms with Crippen LogP contribution in [0.5, 0.6) is 0 Å². The van der Waals surface area contributed by atoms with Gasteiger partial charge in [0.15, 0.2) is 0 Å². The summed E-state index contributed by atoms with van der Waals surface area (Å²) in [7, 11) is 0. The van der Waals surface area contributed by atoms with E-state index in [0.717, 1.165) is 19.4 Å². The summed E-state index contributed by atoms with van der Waals surface area (Å²) < 4.78 is 0. The minimum atomic E-state index is -0.537. The van der Waals surface area contributed by atoms with E-state index in [9.17, 15) is 9.59 Å². The summed E-state index contributed by atoms with van der Waals surface area (Å²) in [5.41, 5.74) is 2.19. The molecule has 2 aliphatic heterocycles. The maximum absolute atomic E-state index is 11.5. The first-order valence-corrected chi connectivity index (χ1v) is 4.73. The van der Waals surface area contributed by atoms with Crippen LogP contribution in [0, 0.1) is 0 Å². The topological polar surface area (TPSA) is 79.5 Å². The van der Waals surface area contributed by atoms with Crippen LogP contribution in [-0.2, 0) is 14.4 Å². The molecule has 0 unspecified atom stereocenters. The van der Waals surface area contributed by atoms with Crippen molar-refractivity contribution in [1.29, 1.82) is 0 Å². The van der Waals surface area contributed by atoms with E-state index < -0.39 is 6.04 Å². The summed E-state index contributed by atoms with van der Waals surface area (Å²) in [6.07, 6.45) is 1.84. The molecule has 0 aliphatic carbocycles. The van der Waals surface area contributed by atoms with Crippen LogP contribution >= 0.6 is 0 Å². The summed E-state index contributed by atoms with van der Waals surface area (Å²) in [6, 6.07) is -0.687. The normalized spacial score (nSPS) is 31.6. The van der Waals surface area contributed by atoms with E-state index in [1.807, 2.05) is 0 Å². The predicted octanol–water partition coefficient (Wildman–Crippen LogP) is -1.72. The van der Waals surface area contributed by atoms with Gasteiger partial charge in [0, 0.05) is 0 Å². The van der Waals surface area contributed by atoms with Crippen LogP contribution in [0.25, 0.3) is 0 Å². The maximum Gasteiger partial charge on any atom is 0.268 e. The molecule has 2 heterocycles. The Labute approximate surface area is 81.3 Å². The second-order valence-electron chi connectivity index (χ2n) is 3.49. The maximum atomic E-state index is 11.5. The molecule has 6 heteroatoms. The van der Waals surface area contributed by atoms with Gasteiger partial charge in [-0.05, 0) is 19.4 Å². The van der Waals surface area contributed by atoms with Crippen molar-refractivity contribution >= 4 is 11.8 Å². The summed E-state index contributed by atoms with van der Waals surface area (Å²) in [4.78, 5) is 27.3. The molecule has 0 saturated carbocycles. The smallest absolute Gasteiger partial charge is 0.268 e. The molecule has 3 N–H and O–H groups in total. The zero-order chi connectivity index (χ0) is 9.97. The number of rotatable bonds is 2. The van der Waals surface area contributed by atoms with Crippen molar-refractivity contribution in [2.24, 2.45) is 0 Å². The number of carbonyl (C=O) groups is 2. The molecule has 0 aromatic rings. The van der Waals surface area contributed by atoms with Crippen molar-refractivity contribution in [3.63, 3.8) is 0 Å². The molecular formula is C8H13N3O3. The lowest BCUT2D eigenvalue weighted by molar-refractivity contribution is -0.129. The second-order valence-corrected chi connectivity index (χ2v) is 3.49. The van der Waals surface area contributed by atoms with E-state index >= 15 is 0 Å². The van der Waals surface area contributed by atoms with Gasteiger partial charge in [-0.15, -0.1) is 0 Å². The van der Waals surface area contributed by atoms with Gasteiger partial charge in [-0.3, -0.25) is 14.4 Å². The summed E-state index contributed by atoms with van der Waals surface area (Å²) in [5, 5.41) is 5.69. The van der Waals surface area contributed by atoms with Gasteiger partial charge in [0.1, 0.15) is 12.6 Å². The first kappa shape index (κ1) is 9.42. The average Bonchev–Trinajstić information content (AvgIpc) is 2.77. The molecule has 0 radical (unpaired) electrons. The highest BCUT2D eigenvalue weighted by molar-refractivity contribution is 5.90. The van der Waals surface area contributed by atoms with Gasteiger partial charge in [-0.1, -0.05) is 0 Å². The van der Waals surface area contributed by atoms with Crippen molar-refractivity contribution in [3.8, 4) is 0 Å². The number of carbonyl (C=O) groups excluding carboxylic acids is 2. The molecule has 2 saturated heterocycles. The molecule has 0 aromatic heterocycles. The second kappa shape index (κ2) is 3.93. The zero-order valence-corrected chi connectivity index (χ0v) is 7.71. The third-order valence-electron chi connectivity index (χ3n) is 2.43. The van der Waals surface area contributed by atoms with Crippen LogP contribution in [0.2, 0.25) is 0 Å². The van der Waals surface area contributed by atoms with E-state index in [-0.39, 0.29) is 24.5 Å². The standard InChI is InChI=1S/C8H13N3O3/c12-7(5-2-1-3-9-5)10-6-4-14-11-8(6)13/h5-6,9H,1-4H2,(H,10,12)(H,11,13)/t5-,6+/m0/s1. The van der Waals surface area contributed by atoms with Gasteiger partial charge >= 0.3 is 0 Å². The van der Waals surface area contributed by atoms with Crippen LogP contribution in [-0.4, -0.2) is 37.0 Å². The first-order chi connectivity index (χ1) is 6.77. The van der Waals surface area contributed by atoms with Crippen LogP contribution in [0.3, 0.4) is 0 Å². The molecule has 2 aliphatic rings. The fraction of sp³-hybridized carbons (Fsp3) is 0.750. The lowest BCUT2D eigenvalue weighted by Crippen LogP contribution is -2.48. The van der Waals surface area contributed by atoms with E-state index in [1.165, 1.54) is 0 Å². The number of hydroxylamine groups is 1. The molecule has 2 amide bonds. The third-order valence-corrected chi connectivity index (χ3v) is 2.43. The van der Waals surface area contributed by atoms with Crippen molar-refractivity contribution < 1.29 is 14.4 Å². The Morgan fingerprint density at radius 3 is 3.00 bits per heavy atom. The Kier molecular flexibility index (Phi) is 2.64. The molecule has 2 atom stereocenters. The van der Waals surface area contributed by atoms with Crippen molar-refractivity contribution in [2.75, 3.05) is 13.2 Å². The Hall–Kier alpha value is -1.14. The monoisotopic (exact) mass is 199 g/mol. The van der Waals surface area contributed by atoms with Gasteiger partial charge in [0.25, 0.3) is 5.91 Å². The Balaban J connectivity index is 1.84. The van der Waals surface area contributed by atoms with Crippen molar-refractivity contribution in [2.45, 2.75) is 24.9 Å². The fourth-order valence-electron chi connectivity index (χ4n) is 1.63. The van der Waals surface area contributed by atoms with Crippen LogP contribution < -0.4 is 16.1 Å². The minimum absolute atomic E-state index is 0.117. The molecular weight excluding hydrogens is 186 g/mol. The average molecular weight is 199 g/mol. The fourth-order valence-corrected chi connectivity index (χ4v) is 1.63. The first-order valence-electron chi connectivity index (χ1n) is 4.73. The van der Waals surface area contributed by atoms with Crippen molar-refractivity contribution in [1.82, 2.24) is 16.1 Å². The van der Waals surface area contributed by atoms with E-state index in [0.29, 0.717) is 0 Å².